The van der Waals surface area contributed by atoms with Crippen molar-refractivity contribution >= 4 is 5.97 Å². The first-order valence-corrected chi connectivity index (χ1v) is 13.9. The first kappa shape index (κ1) is 32.3. The summed E-state index contributed by atoms with van der Waals surface area (Å²) in [7, 11) is 1.51. The van der Waals surface area contributed by atoms with Crippen LogP contribution < -0.4 is 0 Å². The summed E-state index contributed by atoms with van der Waals surface area (Å²) in [6.07, 6.45) is 11.9. The van der Waals surface area contributed by atoms with Gasteiger partial charge in [-0.05, 0) is 6.42 Å². The average Bonchev–Trinajstić information content (AvgIpc) is 2.85. The maximum atomic E-state index is 12.3. The number of methoxy groups -OCH3 is 1. The minimum absolute atomic E-state index is 0.0425. The summed E-state index contributed by atoms with van der Waals surface area (Å²) < 4.78 is 21.7. The van der Waals surface area contributed by atoms with Crippen LogP contribution in [0.15, 0.2) is 0 Å². The fourth-order valence-corrected chi connectivity index (χ4v) is 4.45. The zero-order valence-electron chi connectivity index (χ0n) is 22.4. The van der Waals surface area contributed by atoms with Crippen molar-refractivity contribution in [1.29, 1.82) is 0 Å². The number of hydrogen-bond acceptors (Lipinski definition) is 8. The minimum Gasteiger partial charge on any atom is -0.457 e. The molecule has 1 saturated heterocycles. The first-order chi connectivity index (χ1) is 16.9. The molecule has 208 valence electrons. The third kappa shape index (κ3) is 13.9. The Morgan fingerprint density at radius 1 is 0.857 bits per heavy atom. The van der Waals surface area contributed by atoms with Gasteiger partial charge in [-0.2, -0.15) is 0 Å². The van der Waals surface area contributed by atoms with Crippen LogP contribution in [0, 0.1) is 5.92 Å². The molecule has 0 aliphatic carbocycles. The highest BCUT2D eigenvalue weighted by molar-refractivity contribution is 5.69. The Kier molecular flexibility index (Phi) is 18.7. The van der Waals surface area contributed by atoms with E-state index in [0.717, 1.165) is 19.3 Å². The van der Waals surface area contributed by atoms with Gasteiger partial charge in [0.05, 0.1) is 32.0 Å². The highest BCUT2D eigenvalue weighted by atomic mass is 16.7. The highest BCUT2D eigenvalue weighted by Crippen LogP contribution is 2.26. The van der Waals surface area contributed by atoms with Crippen LogP contribution in [0.5, 0.6) is 0 Å². The molecule has 0 aromatic carbocycles. The van der Waals surface area contributed by atoms with Crippen molar-refractivity contribution in [3.8, 4) is 0 Å². The Balaban J connectivity index is 2.14. The summed E-state index contributed by atoms with van der Waals surface area (Å²) in [6.45, 7) is 3.76. The fourth-order valence-electron chi connectivity index (χ4n) is 4.45. The normalized spacial score (nSPS) is 25.5. The van der Waals surface area contributed by atoms with Crippen LogP contribution in [0.4, 0.5) is 0 Å². The quantitative estimate of drug-likeness (QED) is 0.158. The van der Waals surface area contributed by atoms with Gasteiger partial charge < -0.3 is 34.3 Å². The molecule has 0 bridgehead atoms. The summed E-state index contributed by atoms with van der Waals surface area (Å²) in [5.74, 6) is -0.728. The minimum atomic E-state index is -1.25. The molecule has 0 saturated carbocycles. The second kappa shape index (κ2) is 20.3. The van der Waals surface area contributed by atoms with E-state index < -0.39 is 36.6 Å². The van der Waals surface area contributed by atoms with E-state index in [2.05, 4.69) is 6.92 Å². The lowest BCUT2D eigenvalue weighted by molar-refractivity contribution is -0.293. The maximum Gasteiger partial charge on any atom is 0.306 e. The van der Waals surface area contributed by atoms with Crippen LogP contribution in [-0.4, -0.2) is 78.9 Å². The van der Waals surface area contributed by atoms with Crippen molar-refractivity contribution in [2.75, 3.05) is 26.9 Å². The van der Waals surface area contributed by atoms with Gasteiger partial charge in [0.15, 0.2) is 6.29 Å². The lowest BCUT2D eigenvalue weighted by Gasteiger charge is -2.40. The molecule has 1 fully saturated rings. The molecule has 0 aromatic rings. The van der Waals surface area contributed by atoms with E-state index in [1.807, 2.05) is 0 Å². The number of carbonyl (C=O) groups is 1. The van der Waals surface area contributed by atoms with Gasteiger partial charge in [-0.25, -0.2) is 0 Å². The molecule has 0 amide bonds. The van der Waals surface area contributed by atoms with Crippen molar-refractivity contribution in [2.24, 2.45) is 5.92 Å². The SMILES string of the molecule is CCCCCCCCCCCCCCCC(=O)OC(COC)COC1OC(CO)C(C)C(O)C1O. The lowest BCUT2D eigenvalue weighted by atomic mass is 9.91. The van der Waals surface area contributed by atoms with Crippen LogP contribution in [-0.2, 0) is 23.7 Å². The molecule has 6 atom stereocenters. The van der Waals surface area contributed by atoms with E-state index in [1.54, 1.807) is 6.92 Å². The van der Waals surface area contributed by atoms with Crippen LogP contribution in [0.2, 0.25) is 0 Å². The van der Waals surface area contributed by atoms with Crippen molar-refractivity contribution in [2.45, 2.75) is 134 Å². The van der Waals surface area contributed by atoms with Crippen LogP contribution in [0.1, 0.15) is 104 Å². The largest absolute Gasteiger partial charge is 0.457 e. The number of esters is 1. The predicted octanol–water partition coefficient (Wildman–Crippen LogP) is 4.12. The maximum absolute atomic E-state index is 12.3. The summed E-state index contributed by atoms with van der Waals surface area (Å²) in [4.78, 5) is 12.3. The number of ether oxygens (including phenoxy) is 4. The lowest BCUT2D eigenvalue weighted by Crippen LogP contribution is -2.55. The Labute approximate surface area is 212 Å². The summed E-state index contributed by atoms with van der Waals surface area (Å²) in [5, 5.41) is 29.8. The predicted molar refractivity (Wildman–Crippen MR) is 135 cm³/mol. The average molecular weight is 505 g/mol. The Bertz CT molecular complexity index is 515. The fraction of sp³-hybridized carbons (Fsp3) is 0.963. The summed E-state index contributed by atoms with van der Waals surface area (Å²) in [5.41, 5.74) is 0. The first-order valence-electron chi connectivity index (χ1n) is 13.9. The topological polar surface area (TPSA) is 115 Å². The zero-order valence-corrected chi connectivity index (χ0v) is 22.4. The van der Waals surface area contributed by atoms with Crippen molar-refractivity contribution in [1.82, 2.24) is 0 Å². The molecule has 1 rings (SSSR count). The Morgan fingerprint density at radius 2 is 1.40 bits per heavy atom. The van der Waals surface area contributed by atoms with Gasteiger partial charge in [0.1, 0.15) is 12.2 Å². The molecule has 0 aromatic heterocycles. The number of carbonyl (C=O) groups excluding carboxylic acids is 1. The van der Waals surface area contributed by atoms with E-state index in [9.17, 15) is 20.1 Å². The van der Waals surface area contributed by atoms with Crippen molar-refractivity contribution in [3.05, 3.63) is 0 Å². The molecule has 0 radical (unpaired) electrons. The molecule has 1 aliphatic heterocycles. The Hall–Kier alpha value is -0.770. The molecule has 35 heavy (non-hydrogen) atoms. The van der Waals surface area contributed by atoms with Crippen LogP contribution in [0.3, 0.4) is 0 Å². The molecule has 0 spiro atoms. The number of rotatable bonds is 21. The third-order valence-corrected chi connectivity index (χ3v) is 6.82. The molecule has 6 unspecified atom stereocenters. The van der Waals surface area contributed by atoms with Gasteiger partial charge in [-0.15, -0.1) is 0 Å². The van der Waals surface area contributed by atoms with Gasteiger partial charge >= 0.3 is 5.97 Å². The molecule has 8 nitrogen and oxygen atoms in total. The van der Waals surface area contributed by atoms with Gasteiger partial charge in [0.25, 0.3) is 0 Å². The third-order valence-electron chi connectivity index (χ3n) is 6.82. The molecule has 1 heterocycles. The standard InChI is InChI=1S/C27H52O8/c1-4-5-6-7-8-9-10-11-12-13-14-15-16-17-24(29)34-22(19-32-3)20-33-27-26(31)25(30)21(2)23(18-28)35-27/h21-23,25-28,30-31H,4-20H2,1-3H3. The van der Waals surface area contributed by atoms with E-state index in [0.29, 0.717) is 6.42 Å². The number of hydrogen-bond donors (Lipinski definition) is 3. The monoisotopic (exact) mass is 504 g/mol. The molecular weight excluding hydrogens is 452 g/mol. The van der Waals surface area contributed by atoms with E-state index >= 15 is 0 Å². The van der Waals surface area contributed by atoms with Gasteiger partial charge in [-0.3, -0.25) is 4.79 Å². The van der Waals surface area contributed by atoms with Crippen LogP contribution >= 0.6 is 0 Å². The van der Waals surface area contributed by atoms with Crippen LogP contribution in [0.25, 0.3) is 0 Å². The molecule has 8 heteroatoms. The number of aliphatic hydroxyl groups is 3. The van der Waals surface area contributed by atoms with Crippen molar-refractivity contribution in [3.63, 3.8) is 0 Å². The number of aliphatic hydroxyl groups excluding tert-OH is 3. The summed E-state index contributed by atoms with van der Waals surface area (Å²) >= 11 is 0. The van der Waals surface area contributed by atoms with E-state index in [1.165, 1.54) is 71.3 Å². The Morgan fingerprint density at radius 3 is 1.91 bits per heavy atom. The summed E-state index contributed by atoms with van der Waals surface area (Å²) in [6, 6.07) is 0. The molecule has 3 N–H and O–H groups in total. The van der Waals surface area contributed by atoms with E-state index in [-0.39, 0.29) is 25.8 Å². The van der Waals surface area contributed by atoms with Gasteiger partial charge in [-0.1, -0.05) is 90.9 Å². The van der Waals surface area contributed by atoms with Gasteiger partial charge in [0.2, 0.25) is 0 Å². The van der Waals surface area contributed by atoms with Gasteiger partial charge in [0, 0.05) is 19.4 Å². The zero-order chi connectivity index (χ0) is 25.9. The second-order valence-corrected chi connectivity index (χ2v) is 9.96. The smallest absolute Gasteiger partial charge is 0.306 e. The number of unbranched alkanes of at least 4 members (excludes halogenated alkanes) is 12. The highest BCUT2D eigenvalue weighted by Gasteiger charge is 2.42. The van der Waals surface area contributed by atoms with Crippen molar-refractivity contribution < 1.29 is 39.1 Å². The molecule has 1 aliphatic rings. The van der Waals surface area contributed by atoms with E-state index in [4.69, 9.17) is 18.9 Å². The molecular formula is C27H52O8. The second-order valence-electron chi connectivity index (χ2n) is 9.96.